The van der Waals surface area contributed by atoms with E-state index < -0.39 is 0 Å². The lowest BCUT2D eigenvalue weighted by atomic mass is 9.77. The van der Waals surface area contributed by atoms with Crippen molar-refractivity contribution < 1.29 is 24.0 Å². The summed E-state index contributed by atoms with van der Waals surface area (Å²) in [4.78, 5) is 53.3. The minimum absolute atomic E-state index is 0.365. The fraction of sp³-hybridized carbons (Fsp3) is 0.167. The Labute approximate surface area is 207 Å². The fourth-order valence-electron chi connectivity index (χ4n) is 2.85. The van der Waals surface area contributed by atoms with Crippen LogP contribution < -0.4 is 0 Å². The average molecular weight is 473 g/mol. The summed E-state index contributed by atoms with van der Waals surface area (Å²) < 4.78 is 0. The van der Waals surface area contributed by atoms with Crippen LogP contribution in [0.25, 0.3) is 0 Å². The predicted molar refractivity (Wildman–Crippen MR) is 142 cm³/mol. The molecule has 0 aliphatic heterocycles. The Morgan fingerprint density at radius 1 is 0.457 bits per heavy atom. The van der Waals surface area contributed by atoms with E-state index in [4.69, 9.17) is 0 Å². The maximum Gasteiger partial charge on any atom is 0.146 e. The molecule has 0 rings (SSSR count). The molecule has 5 nitrogen and oxygen atoms in total. The summed E-state index contributed by atoms with van der Waals surface area (Å²) in [7, 11) is 0. The summed E-state index contributed by atoms with van der Waals surface area (Å²) >= 11 is 0. The van der Waals surface area contributed by atoms with Crippen molar-refractivity contribution in [3.05, 3.63) is 121 Å². The van der Waals surface area contributed by atoms with Gasteiger partial charge in [0.15, 0.2) is 0 Å². The van der Waals surface area contributed by atoms with Crippen LogP contribution in [0.2, 0.25) is 0 Å². The van der Waals surface area contributed by atoms with E-state index in [1.54, 1.807) is 60.8 Å². The molecule has 0 atom stereocenters. The largest absolute Gasteiger partial charge is 0.299 e. The van der Waals surface area contributed by atoms with E-state index in [0.717, 1.165) is 6.29 Å². The maximum atomic E-state index is 11.4. The van der Waals surface area contributed by atoms with Gasteiger partial charge in [0.05, 0.1) is 0 Å². The maximum absolute atomic E-state index is 11.4. The third kappa shape index (κ3) is 17.9. The molecule has 0 fully saturated rings. The second kappa shape index (κ2) is 22.9. The van der Waals surface area contributed by atoms with E-state index >= 15 is 0 Å². The van der Waals surface area contributed by atoms with Crippen LogP contribution in [0.1, 0.15) is 25.7 Å². The molecule has 0 aromatic carbocycles. The number of hydrogen-bond acceptors (Lipinski definition) is 5. The number of aldehydes is 5. The monoisotopic (exact) mass is 472 g/mol. The van der Waals surface area contributed by atoms with E-state index in [0.29, 0.717) is 56.4 Å². The molecule has 0 saturated carbocycles. The van der Waals surface area contributed by atoms with Gasteiger partial charge in [-0.05, 0) is 61.0 Å². The summed E-state index contributed by atoms with van der Waals surface area (Å²) in [6.45, 7) is 0. The number of hydrogen-bond donors (Lipinski definition) is 0. The van der Waals surface area contributed by atoms with Crippen LogP contribution in [0.15, 0.2) is 121 Å². The first kappa shape index (κ1) is 30.8. The summed E-state index contributed by atoms with van der Waals surface area (Å²) in [6.07, 6.45) is 38.4. The predicted octanol–water partition coefficient (Wildman–Crippen LogP) is 5.46. The van der Waals surface area contributed by atoms with E-state index in [1.807, 2.05) is 30.4 Å². The van der Waals surface area contributed by atoms with Crippen molar-refractivity contribution in [1.29, 1.82) is 0 Å². The second-order valence-electron chi connectivity index (χ2n) is 7.19. The molecule has 5 heteroatoms. The SMILES string of the molecule is O=C/C=C/C=C/CC(C=O)=CC=CC(C/C=C/C=C/C=O)(C/C=C/C=C/C=O)C/C=C/C=C/C=O. The highest BCUT2D eigenvalue weighted by molar-refractivity contribution is 5.74. The van der Waals surface area contributed by atoms with E-state index in [2.05, 4.69) is 0 Å². The molecule has 0 amide bonds. The van der Waals surface area contributed by atoms with Gasteiger partial charge in [-0.3, -0.25) is 24.0 Å². The number of rotatable bonds is 19. The molecule has 0 aliphatic carbocycles. The van der Waals surface area contributed by atoms with Gasteiger partial charge in [0, 0.05) is 0 Å². The lowest BCUT2D eigenvalue weighted by Gasteiger charge is -2.27. The molecule has 182 valence electrons. The fourth-order valence-corrected chi connectivity index (χ4v) is 2.85. The molecule has 35 heavy (non-hydrogen) atoms. The molecule has 0 bridgehead atoms. The number of carbonyl (C=O) groups excluding carboxylic acids is 5. The van der Waals surface area contributed by atoms with E-state index in [-0.39, 0.29) is 5.41 Å². The molecule has 0 aromatic heterocycles. The lowest BCUT2D eigenvalue weighted by Crippen LogP contribution is -2.15. The highest BCUT2D eigenvalue weighted by atomic mass is 16.1. The van der Waals surface area contributed by atoms with Crippen LogP contribution in [0, 0.1) is 5.41 Å². The van der Waals surface area contributed by atoms with Gasteiger partial charge < -0.3 is 0 Å². The molecule has 0 N–H and O–H groups in total. The van der Waals surface area contributed by atoms with E-state index in [1.165, 1.54) is 24.3 Å². The van der Waals surface area contributed by atoms with Gasteiger partial charge >= 0.3 is 0 Å². The molecule has 0 radical (unpaired) electrons. The van der Waals surface area contributed by atoms with Crippen molar-refractivity contribution in [2.24, 2.45) is 5.41 Å². The smallest absolute Gasteiger partial charge is 0.146 e. The van der Waals surface area contributed by atoms with Crippen LogP contribution in [-0.2, 0) is 24.0 Å². The van der Waals surface area contributed by atoms with Crippen LogP contribution in [-0.4, -0.2) is 31.4 Å². The van der Waals surface area contributed by atoms with Crippen molar-refractivity contribution in [2.75, 3.05) is 0 Å². The normalized spacial score (nSPS) is 13.9. The minimum atomic E-state index is -0.365. The van der Waals surface area contributed by atoms with Crippen molar-refractivity contribution >= 4 is 31.4 Å². The first-order valence-corrected chi connectivity index (χ1v) is 11.1. The zero-order valence-corrected chi connectivity index (χ0v) is 19.7. The lowest BCUT2D eigenvalue weighted by molar-refractivity contribution is -0.105. The molecule has 0 aliphatic rings. The van der Waals surface area contributed by atoms with Gasteiger partial charge in [-0.15, -0.1) is 0 Å². The van der Waals surface area contributed by atoms with Crippen LogP contribution >= 0.6 is 0 Å². The molecule has 0 heterocycles. The van der Waals surface area contributed by atoms with Gasteiger partial charge in [0.25, 0.3) is 0 Å². The van der Waals surface area contributed by atoms with Gasteiger partial charge in [0.2, 0.25) is 0 Å². The summed E-state index contributed by atoms with van der Waals surface area (Å²) in [5, 5.41) is 0. The average Bonchev–Trinajstić information content (AvgIpc) is 2.87. The quantitative estimate of drug-likeness (QED) is 0.142. The zero-order valence-electron chi connectivity index (χ0n) is 19.7. The van der Waals surface area contributed by atoms with Gasteiger partial charge in [-0.1, -0.05) is 91.1 Å². The Balaban J connectivity index is 5.97. The molecule has 0 spiro atoms. The topological polar surface area (TPSA) is 85.3 Å². The van der Waals surface area contributed by atoms with Crippen molar-refractivity contribution in [2.45, 2.75) is 25.7 Å². The van der Waals surface area contributed by atoms with Crippen LogP contribution in [0.5, 0.6) is 0 Å². The van der Waals surface area contributed by atoms with Crippen LogP contribution in [0.4, 0.5) is 0 Å². The molecular formula is C30H32O5. The summed E-state index contributed by atoms with van der Waals surface area (Å²) in [5.41, 5.74) is 0.208. The Morgan fingerprint density at radius 2 is 0.857 bits per heavy atom. The Hall–Kier alpha value is -4.25. The first-order chi connectivity index (χ1) is 17.2. The Bertz CT molecular complexity index is 873. The van der Waals surface area contributed by atoms with Crippen LogP contribution in [0.3, 0.4) is 0 Å². The Kier molecular flexibility index (Phi) is 20.1. The molecular weight excluding hydrogens is 440 g/mol. The number of allylic oxidation sites excluding steroid dienone is 20. The summed E-state index contributed by atoms with van der Waals surface area (Å²) in [6, 6.07) is 0. The molecule has 0 unspecified atom stereocenters. The van der Waals surface area contributed by atoms with Gasteiger partial charge in [-0.2, -0.15) is 0 Å². The minimum Gasteiger partial charge on any atom is -0.299 e. The van der Waals surface area contributed by atoms with E-state index in [9.17, 15) is 24.0 Å². The van der Waals surface area contributed by atoms with Crippen molar-refractivity contribution in [3.63, 3.8) is 0 Å². The third-order valence-electron chi connectivity index (χ3n) is 4.59. The zero-order chi connectivity index (χ0) is 25.9. The highest BCUT2D eigenvalue weighted by Crippen LogP contribution is 2.35. The van der Waals surface area contributed by atoms with Crippen molar-refractivity contribution in [1.82, 2.24) is 0 Å². The molecule has 0 aromatic rings. The summed E-state index contributed by atoms with van der Waals surface area (Å²) in [5.74, 6) is 0. The van der Waals surface area contributed by atoms with Crippen molar-refractivity contribution in [3.8, 4) is 0 Å². The standard InChI is InChI=1S/C30H32O5/c31-24-13-5-1-9-18-29(28-35)19-17-23-30(20-10-2-6-14-25-32,21-11-3-7-15-26-33)22-12-4-8-16-27-34/h1-17,19,23-28H,18,20-22H2/b9-1+,10-2+,11-3+,12-4+,13-5+,14-6+,15-7+,16-8+,23-17?,29-19?. The van der Waals surface area contributed by atoms with Gasteiger partial charge in [0.1, 0.15) is 31.4 Å². The van der Waals surface area contributed by atoms with Gasteiger partial charge in [-0.25, -0.2) is 0 Å². The highest BCUT2D eigenvalue weighted by Gasteiger charge is 2.22. The Morgan fingerprint density at radius 3 is 1.23 bits per heavy atom. The molecule has 0 saturated heterocycles. The third-order valence-corrected chi connectivity index (χ3v) is 4.59. The first-order valence-electron chi connectivity index (χ1n) is 11.1. The second-order valence-corrected chi connectivity index (χ2v) is 7.19. The number of carbonyl (C=O) groups is 5.